The molecule has 14 heavy (non-hydrogen) atoms. The average Bonchev–Trinajstić information content (AvgIpc) is 3.00. The first kappa shape index (κ1) is 10.2. The summed E-state index contributed by atoms with van der Waals surface area (Å²) >= 11 is 0. The van der Waals surface area contributed by atoms with Gasteiger partial charge in [-0.2, -0.15) is 0 Å². The average molecular weight is 195 g/mol. The van der Waals surface area contributed by atoms with Crippen LogP contribution in [0.25, 0.3) is 0 Å². The Morgan fingerprint density at radius 3 is 2.29 bits per heavy atom. The fraction of sp³-hybridized carbons (Fsp3) is 0.917. The van der Waals surface area contributed by atoms with E-state index in [1.54, 1.807) is 0 Å². The van der Waals surface area contributed by atoms with Gasteiger partial charge >= 0.3 is 0 Å². The first-order chi connectivity index (χ1) is 6.68. The highest BCUT2D eigenvalue weighted by molar-refractivity contribution is 5.79. The molecule has 1 unspecified atom stereocenters. The summed E-state index contributed by atoms with van der Waals surface area (Å²) in [4.78, 5) is 13.6. The smallest absolute Gasteiger partial charge is 0.133 e. The van der Waals surface area contributed by atoms with E-state index in [1.165, 1.54) is 12.8 Å². The second-order valence-electron chi connectivity index (χ2n) is 5.01. The first-order valence-electron chi connectivity index (χ1n) is 5.92. The zero-order valence-corrected chi connectivity index (χ0v) is 9.33. The van der Waals surface area contributed by atoms with Crippen molar-refractivity contribution in [2.75, 3.05) is 7.05 Å². The second-order valence-corrected chi connectivity index (χ2v) is 5.01. The SMILES string of the molecule is CC(C1CC1)N(C)C1CCC(=O)CC1. The molecule has 2 aliphatic carbocycles. The van der Waals surface area contributed by atoms with Crippen LogP contribution in [0.3, 0.4) is 0 Å². The molecule has 0 spiro atoms. The van der Waals surface area contributed by atoms with Gasteiger partial charge in [0.15, 0.2) is 0 Å². The van der Waals surface area contributed by atoms with E-state index in [1.807, 2.05) is 0 Å². The molecule has 0 bridgehead atoms. The van der Waals surface area contributed by atoms with Gasteiger partial charge in [-0.05, 0) is 45.6 Å². The Balaban J connectivity index is 1.84. The minimum absolute atomic E-state index is 0.466. The van der Waals surface area contributed by atoms with E-state index in [9.17, 15) is 4.79 Å². The quantitative estimate of drug-likeness (QED) is 0.688. The summed E-state index contributed by atoms with van der Waals surface area (Å²) in [6.07, 6.45) is 6.63. The van der Waals surface area contributed by atoms with Gasteiger partial charge in [-0.15, -0.1) is 0 Å². The number of hydrogen-bond donors (Lipinski definition) is 0. The molecular weight excluding hydrogens is 174 g/mol. The molecule has 2 heteroatoms. The van der Waals surface area contributed by atoms with Gasteiger partial charge in [0, 0.05) is 24.9 Å². The van der Waals surface area contributed by atoms with E-state index < -0.39 is 0 Å². The maximum absolute atomic E-state index is 11.1. The van der Waals surface area contributed by atoms with E-state index in [0.717, 1.165) is 37.6 Å². The molecule has 2 aliphatic rings. The van der Waals surface area contributed by atoms with Crippen molar-refractivity contribution in [2.24, 2.45) is 5.92 Å². The number of rotatable bonds is 3. The molecule has 0 radical (unpaired) electrons. The van der Waals surface area contributed by atoms with Crippen LogP contribution in [-0.2, 0) is 4.79 Å². The van der Waals surface area contributed by atoms with Gasteiger partial charge in [-0.25, -0.2) is 0 Å². The molecule has 0 aromatic heterocycles. The lowest BCUT2D eigenvalue weighted by Crippen LogP contribution is -2.41. The summed E-state index contributed by atoms with van der Waals surface area (Å²) in [5.74, 6) is 1.41. The maximum atomic E-state index is 11.1. The van der Waals surface area contributed by atoms with Gasteiger partial charge in [0.1, 0.15) is 5.78 Å². The fourth-order valence-electron chi connectivity index (χ4n) is 2.58. The Hall–Kier alpha value is -0.370. The molecule has 80 valence electrons. The summed E-state index contributed by atoms with van der Waals surface area (Å²) in [7, 11) is 2.24. The molecule has 0 aromatic rings. The number of nitrogens with zero attached hydrogens (tertiary/aromatic N) is 1. The van der Waals surface area contributed by atoms with Gasteiger partial charge in [-0.3, -0.25) is 4.79 Å². The van der Waals surface area contributed by atoms with Crippen molar-refractivity contribution in [1.82, 2.24) is 4.90 Å². The minimum atomic E-state index is 0.466. The molecular formula is C12H21NO. The first-order valence-corrected chi connectivity index (χ1v) is 5.92. The van der Waals surface area contributed by atoms with Crippen LogP contribution >= 0.6 is 0 Å². The molecule has 2 saturated carbocycles. The standard InChI is InChI=1S/C12H21NO/c1-9(10-3-4-10)13(2)11-5-7-12(14)8-6-11/h9-11H,3-8H2,1-2H3. The summed E-state index contributed by atoms with van der Waals surface area (Å²) in [6, 6.07) is 1.40. The second kappa shape index (κ2) is 4.01. The monoisotopic (exact) mass is 195 g/mol. The summed E-state index contributed by atoms with van der Waals surface area (Å²) in [5, 5.41) is 0. The Morgan fingerprint density at radius 1 is 1.21 bits per heavy atom. The number of Topliss-reactive ketones (excluding diaryl/α,β-unsaturated/α-hetero) is 1. The summed E-state index contributed by atoms with van der Waals surface area (Å²) in [5.41, 5.74) is 0. The molecule has 2 fully saturated rings. The van der Waals surface area contributed by atoms with Gasteiger partial charge in [0.05, 0.1) is 0 Å². The molecule has 0 heterocycles. The number of ketones is 1. The molecule has 0 aliphatic heterocycles. The van der Waals surface area contributed by atoms with Crippen molar-refractivity contribution in [3.63, 3.8) is 0 Å². The van der Waals surface area contributed by atoms with E-state index in [4.69, 9.17) is 0 Å². The predicted molar refractivity (Wildman–Crippen MR) is 57.2 cm³/mol. The topological polar surface area (TPSA) is 20.3 Å². The number of carbonyl (C=O) groups excluding carboxylic acids is 1. The minimum Gasteiger partial charge on any atom is -0.300 e. The third-order valence-electron chi connectivity index (χ3n) is 4.04. The summed E-state index contributed by atoms with van der Waals surface area (Å²) < 4.78 is 0. The molecule has 0 N–H and O–H groups in total. The molecule has 0 aromatic carbocycles. The van der Waals surface area contributed by atoms with Gasteiger partial charge in [-0.1, -0.05) is 0 Å². The Bertz CT molecular complexity index is 212. The number of hydrogen-bond acceptors (Lipinski definition) is 2. The normalized spacial score (nSPS) is 26.9. The van der Waals surface area contributed by atoms with Crippen LogP contribution in [0.5, 0.6) is 0 Å². The van der Waals surface area contributed by atoms with Crippen LogP contribution in [0, 0.1) is 5.92 Å². The van der Waals surface area contributed by atoms with E-state index >= 15 is 0 Å². The Morgan fingerprint density at radius 2 is 1.79 bits per heavy atom. The third kappa shape index (κ3) is 2.17. The van der Waals surface area contributed by atoms with Gasteiger partial charge in [0.25, 0.3) is 0 Å². The molecule has 0 amide bonds. The van der Waals surface area contributed by atoms with E-state index in [-0.39, 0.29) is 0 Å². The highest BCUT2D eigenvalue weighted by Gasteiger charge is 2.34. The Kier molecular flexibility index (Phi) is 2.91. The van der Waals surface area contributed by atoms with Crippen LogP contribution in [0.2, 0.25) is 0 Å². The molecule has 1 atom stereocenters. The highest BCUT2D eigenvalue weighted by atomic mass is 16.1. The van der Waals surface area contributed by atoms with Crippen LogP contribution in [-0.4, -0.2) is 29.8 Å². The zero-order valence-electron chi connectivity index (χ0n) is 9.33. The highest BCUT2D eigenvalue weighted by Crippen LogP contribution is 2.36. The van der Waals surface area contributed by atoms with Crippen molar-refractivity contribution in [3.05, 3.63) is 0 Å². The van der Waals surface area contributed by atoms with Crippen LogP contribution in [0.4, 0.5) is 0 Å². The van der Waals surface area contributed by atoms with Crippen LogP contribution < -0.4 is 0 Å². The largest absolute Gasteiger partial charge is 0.300 e. The Labute approximate surface area is 86.7 Å². The number of carbonyl (C=O) groups is 1. The molecule has 0 saturated heterocycles. The van der Waals surface area contributed by atoms with Crippen molar-refractivity contribution in [3.8, 4) is 0 Å². The van der Waals surface area contributed by atoms with Crippen LogP contribution in [0.1, 0.15) is 45.4 Å². The summed E-state index contributed by atoms with van der Waals surface area (Å²) in [6.45, 7) is 2.34. The fourth-order valence-corrected chi connectivity index (χ4v) is 2.58. The lowest BCUT2D eigenvalue weighted by atomic mass is 9.92. The van der Waals surface area contributed by atoms with Crippen molar-refractivity contribution in [2.45, 2.75) is 57.5 Å². The van der Waals surface area contributed by atoms with Crippen molar-refractivity contribution in [1.29, 1.82) is 0 Å². The van der Waals surface area contributed by atoms with Gasteiger partial charge in [0.2, 0.25) is 0 Å². The predicted octanol–water partition coefficient (Wildman–Crippen LogP) is 2.23. The zero-order chi connectivity index (χ0) is 10.1. The molecule has 2 rings (SSSR count). The van der Waals surface area contributed by atoms with Crippen molar-refractivity contribution >= 4 is 5.78 Å². The third-order valence-corrected chi connectivity index (χ3v) is 4.04. The van der Waals surface area contributed by atoms with Crippen molar-refractivity contribution < 1.29 is 4.79 Å². The lowest BCUT2D eigenvalue weighted by molar-refractivity contribution is -0.121. The maximum Gasteiger partial charge on any atom is 0.133 e. The van der Waals surface area contributed by atoms with E-state index in [0.29, 0.717) is 11.8 Å². The lowest BCUT2D eigenvalue weighted by Gasteiger charge is -2.35. The van der Waals surface area contributed by atoms with E-state index in [2.05, 4.69) is 18.9 Å². The van der Waals surface area contributed by atoms with Gasteiger partial charge < -0.3 is 4.90 Å². The molecule has 2 nitrogen and oxygen atoms in total. The van der Waals surface area contributed by atoms with Crippen LogP contribution in [0.15, 0.2) is 0 Å².